The average Bonchev–Trinajstić information content (AvgIpc) is 2.36. The summed E-state index contributed by atoms with van der Waals surface area (Å²) in [4.78, 5) is 18.7. The van der Waals surface area contributed by atoms with Crippen molar-refractivity contribution in [2.24, 2.45) is 4.99 Å². The van der Waals surface area contributed by atoms with E-state index < -0.39 is 5.56 Å². The van der Waals surface area contributed by atoms with E-state index in [1.54, 1.807) is 4.57 Å². The highest BCUT2D eigenvalue weighted by molar-refractivity contribution is 7.71. The fourth-order valence-electron chi connectivity index (χ4n) is 1.73. The molecule has 0 bridgehead atoms. The minimum absolute atomic E-state index is 0. The third-order valence-corrected chi connectivity index (χ3v) is 3.38. The summed E-state index contributed by atoms with van der Waals surface area (Å²) in [5, 5.41) is 10.2. The van der Waals surface area contributed by atoms with Crippen LogP contribution in [-0.2, 0) is 6.54 Å². The number of rotatable bonds is 7. The number of nitrogens with one attached hydrogen (secondary N) is 1. The van der Waals surface area contributed by atoms with Gasteiger partial charge in [0.25, 0.3) is 5.56 Å². The first kappa shape index (κ1) is 20.8. The van der Waals surface area contributed by atoms with E-state index in [4.69, 9.17) is 12.2 Å². The van der Waals surface area contributed by atoms with Crippen molar-refractivity contribution in [3.63, 3.8) is 0 Å². The number of hydrogen-bond donors (Lipinski definition) is 2. The Bertz CT molecular complexity index is 617. The van der Waals surface area contributed by atoms with E-state index >= 15 is 0 Å². The molecule has 0 aliphatic carbocycles. The van der Waals surface area contributed by atoms with Crippen molar-refractivity contribution in [3.8, 4) is 5.88 Å². The predicted molar refractivity (Wildman–Crippen MR) is 87.8 cm³/mol. The highest BCUT2D eigenvalue weighted by Crippen LogP contribution is 2.12. The van der Waals surface area contributed by atoms with Crippen LogP contribution in [0.5, 0.6) is 5.88 Å². The Morgan fingerprint density at radius 1 is 1.41 bits per heavy atom. The third-order valence-electron chi connectivity index (χ3n) is 3.06. The van der Waals surface area contributed by atoms with Gasteiger partial charge < -0.3 is 22.0 Å². The number of aromatic hydroxyl groups is 1. The fourth-order valence-corrected chi connectivity index (χ4v) is 2.00. The quantitative estimate of drug-likeness (QED) is 0.359. The first-order valence-electron chi connectivity index (χ1n) is 7.12. The summed E-state index contributed by atoms with van der Waals surface area (Å²) in [6.45, 7) is 4.08. The number of nitrogens with zero attached hydrogens (tertiary/aromatic N) is 3. The van der Waals surface area contributed by atoms with E-state index in [0.717, 1.165) is 23.9 Å². The SMILES string of the molecule is CCCCn1c(O)c(C=NCC[N+](C)(C)C)c(=O)[nH]c1=S.[Cl-]. The molecule has 1 rings (SSSR count). The summed E-state index contributed by atoms with van der Waals surface area (Å²) in [5.74, 6) is -0.105. The molecule has 0 aromatic carbocycles. The molecule has 126 valence electrons. The van der Waals surface area contributed by atoms with Gasteiger partial charge >= 0.3 is 0 Å². The second-order valence-corrected chi connectivity index (χ2v) is 6.44. The topological polar surface area (TPSA) is 70.4 Å². The molecule has 1 aromatic heterocycles. The molecule has 1 aromatic rings. The van der Waals surface area contributed by atoms with Gasteiger partial charge in [0.05, 0.1) is 34.2 Å². The molecular weight excluding hydrogens is 324 g/mol. The Morgan fingerprint density at radius 3 is 2.59 bits per heavy atom. The van der Waals surface area contributed by atoms with Crippen LogP contribution in [0.25, 0.3) is 0 Å². The molecule has 0 atom stereocenters. The van der Waals surface area contributed by atoms with E-state index in [2.05, 4.69) is 38.0 Å². The minimum atomic E-state index is -0.403. The van der Waals surface area contributed by atoms with Crippen LogP contribution in [0, 0.1) is 4.77 Å². The molecule has 0 radical (unpaired) electrons. The zero-order valence-electron chi connectivity index (χ0n) is 13.6. The summed E-state index contributed by atoms with van der Waals surface area (Å²) < 4.78 is 2.58. The third kappa shape index (κ3) is 6.29. The number of aliphatic imine (C=N–C) groups is 1. The molecule has 0 saturated heterocycles. The first-order valence-corrected chi connectivity index (χ1v) is 7.53. The summed E-state index contributed by atoms with van der Waals surface area (Å²) in [6.07, 6.45) is 3.29. The summed E-state index contributed by atoms with van der Waals surface area (Å²) in [7, 11) is 6.22. The van der Waals surface area contributed by atoms with Gasteiger partial charge in [-0.05, 0) is 18.6 Å². The predicted octanol–water partition coefficient (Wildman–Crippen LogP) is -1.46. The molecule has 1 heterocycles. The maximum absolute atomic E-state index is 11.9. The van der Waals surface area contributed by atoms with Gasteiger partial charge in [0.2, 0.25) is 5.88 Å². The zero-order valence-corrected chi connectivity index (χ0v) is 15.2. The molecule has 0 fully saturated rings. The van der Waals surface area contributed by atoms with Crippen molar-refractivity contribution in [2.75, 3.05) is 34.2 Å². The number of quaternary nitrogens is 1. The number of likely N-dealkylation sites (N-methyl/N-ethyl adjacent to an activating group) is 1. The number of aromatic amines is 1. The highest BCUT2D eigenvalue weighted by Gasteiger charge is 2.11. The normalized spacial score (nSPS) is 11.6. The van der Waals surface area contributed by atoms with Crippen molar-refractivity contribution >= 4 is 18.4 Å². The second-order valence-electron chi connectivity index (χ2n) is 6.05. The smallest absolute Gasteiger partial charge is 0.264 e. The maximum Gasteiger partial charge on any atom is 0.264 e. The highest BCUT2D eigenvalue weighted by atomic mass is 35.5. The zero-order chi connectivity index (χ0) is 16.0. The molecule has 0 amide bonds. The second kappa shape index (κ2) is 9.07. The van der Waals surface area contributed by atoms with E-state index in [9.17, 15) is 9.90 Å². The molecule has 0 aliphatic rings. The number of hydrogen-bond acceptors (Lipinski definition) is 4. The Labute approximate surface area is 142 Å². The Morgan fingerprint density at radius 2 is 2.05 bits per heavy atom. The van der Waals surface area contributed by atoms with Crippen LogP contribution in [0.1, 0.15) is 25.3 Å². The van der Waals surface area contributed by atoms with Crippen molar-refractivity contribution in [1.29, 1.82) is 0 Å². The largest absolute Gasteiger partial charge is 1.00 e. The summed E-state index contributed by atoms with van der Waals surface area (Å²) >= 11 is 5.08. The van der Waals surface area contributed by atoms with Crippen molar-refractivity contribution in [3.05, 3.63) is 20.7 Å². The Balaban J connectivity index is 0.00000441. The average molecular weight is 349 g/mol. The molecule has 0 spiro atoms. The van der Waals surface area contributed by atoms with Gasteiger partial charge in [0.1, 0.15) is 5.56 Å². The van der Waals surface area contributed by atoms with Gasteiger partial charge in [0, 0.05) is 12.8 Å². The maximum atomic E-state index is 11.9. The van der Waals surface area contributed by atoms with E-state index in [1.807, 2.05) is 0 Å². The standard InChI is InChI=1S/C14H24N4O2S.ClH/c1-5-6-8-17-13(20)11(12(19)16-14(17)21)10-15-7-9-18(2,3)4;/h10H,5-9H2,1-4H3,(H-,15,16,19,20,21);1H. The number of aromatic nitrogens is 2. The lowest BCUT2D eigenvalue weighted by atomic mass is 10.3. The Hall–Kier alpha value is -1.18. The van der Waals surface area contributed by atoms with Crippen molar-refractivity contribution in [1.82, 2.24) is 9.55 Å². The van der Waals surface area contributed by atoms with Crippen LogP contribution in [0.3, 0.4) is 0 Å². The summed E-state index contributed by atoms with van der Waals surface area (Å²) in [6, 6.07) is 0. The van der Waals surface area contributed by atoms with Gasteiger partial charge in [-0.1, -0.05) is 13.3 Å². The van der Waals surface area contributed by atoms with E-state index in [0.29, 0.717) is 13.1 Å². The number of H-pyrrole nitrogens is 1. The van der Waals surface area contributed by atoms with Crippen LogP contribution in [0.4, 0.5) is 0 Å². The van der Waals surface area contributed by atoms with Gasteiger partial charge in [-0.3, -0.25) is 19.3 Å². The van der Waals surface area contributed by atoms with Crippen LogP contribution < -0.4 is 18.0 Å². The lowest BCUT2D eigenvalue weighted by Crippen LogP contribution is -3.00. The Kier molecular flexibility index (Phi) is 8.58. The molecule has 22 heavy (non-hydrogen) atoms. The van der Waals surface area contributed by atoms with Gasteiger partial charge in [-0.2, -0.15) is 0 Å². The van der Waals surface area contributed by atoms with Crippen LogP contribution >= 0.6 is 12.2 Å². The molecule has 8 heteroatoms. The van der Waals surface area contributed by atoms with Crippen LogP contribution in [-0.4, -0.2) is 59.6 Å². The fraction of sp³-hybridized carbons (Fsp3) is 0.643. The van der Waals surface area contributed by atoms with E-state index in [-0.39, 0.29) is 28.6 Å². The van der Waals surface area contributed by atoms with E-state index in [1.165, 1.54) is 6.21 Å². The molecule has 0 aliphatic heterocycles. The van der Waals surface area contributed by atoms with Gasteiger partial charge in [-0.25, -0.2) is 0 Å². The summed E-state index contributed by atoms with van der Waals surface area (Å²) in [5.41, 5.74) is -0.236. The monoisotopic (exact) mass is 348 g/mol. The van der Waals surface area contributed by atoms with Crippen molar-refractivity contribution in [2.45, 2.75) is 26.3 Å². The molecule has 6 nitrogen and oxygen atoms in total. The first-order chi connectivity index (χ1) is 9.76. The molecule has 2 N–H and O–H groups in total. The lowest BCUT2D eigenvalue weighted by molar-refractivity contribution is -0.868. The lowest BCUT2D eigenvalue weighted by Gasteiger charge is -2.22. The van der Waals surface area contributed by atoms with Crippen LogP contribution in [0.15, 0.2) is 9.79 Å². The number of halogens is 1. The van der Waals surface area contributed by atoms with Gasteiger partial charge in [-0.15, -0.1) is 0 Å². The van der Waals surface area contributed by atoms with Gasteiger partial charge in [0.15, 0.2) is 4.77 Å². The van der Waals surface area contributed by atoms with Crippen molar-refractivity contribution < 1.29 is 22.0 Å². The molecule has 0 unspecified atom stereocenters. The molecular formula is C14H25ClN4O2S. The number of unbranched alkanes of at least 4 members (excludes halogenated alkanes) is 1. The molecule has 0 saturated carbocycles. The minimum Gasteiger partial charge on any atom is -1.00 e. The van der Waals surface area contributed by atoms with Crippen LogP contribution in [0.2, 0.25) is 0 Å².